The van der Waals surface area contributed by atoms with Gasteiger partial charge >= 0.3 is 0 Å². The Balaban J connectivity index is 1.73. The molecule has 1 saturated heterocycles. The van der Waals surface area contributed by atoms with E-state index < -0.39 is 0 Å². The van der Waals surface area contributed by atoms with Crippen molar-refractivity contribution < 1.29 is 0 Å². The van der Waals surface area contributed by atoms with E-state index in [-0.39, 0.29) is 12.1 Å². The topological polar surface area (TPSA) is 46.0 Å². The number of nitrogens with one attached hydrogen (secondary N) is 1. The van der Waals surface area contributed by atoms with Crippen LogP contribution in [0.15, 0.2) is 67.4 Å². The number of hydrogen-bond donors (Lipinski definition) is 1. The summed E-state index contributed by atoms with van der Waals surface area (Å²) in [5.41, 5.74) is 3.42. The Labute approximate surface area is 165 Å². The summed E-state index contributed by atoms with van der Waals surface area (Å²) in [6.45, 7) is 5.10. The second-order valence-electron chi connectivity index (χ2n) is 7.10. The molecule has 3 aromatic heterocycles. The lowest BCUT2D eigenvalue weighted by Crippen LogP contribution is -2.29. The highest BCUT2D eigenvalue weighted by Gasteiger charge is 2.40. The zero-order valence-corrected chi connectivity index (χ0v) is 16.3. The number of rotatable bonds is 5. The number of thiocarbonyl (C=S) groups is 1. The van der Waals surface area contributed by atoms with Crippen molar-refractivity contribution in [2.75, 3.05) is 0 Å². The van der Waals surface area contributed by atoms with Gasteiger partial charge in [-0.3, -0.25) is 9.97 Å². The van der Waals surface area contributed by atoms with Crippen molar-refractivity contribution in [2.24, 2.45) is 0 Å². The van der Waals surface area contributed by atoms with E-state index in [1.165, 1.54) is 11.1 Å². The van der Waals surface area contributed by atoms with Gasteiger partial charge in [0.15, 0.2) is 5.11 Å². The summed E-state index contributed by atoms with van der Waals surface area (Å²) in [6, 6.07) is 12.8. The third kappa shape index (κ3) is 3.57. The van der Waals surface area contributed by atoms with Crippen molar-refractivity contribution >= 4 is 17.3 Å². The molecule has 0 bridgehead atoms. The van der Waals surface area contributed by atoms with Crippen molar-refractivity contribution in [1.82, 2.24) is 24.8 Å². The van der Waals surface area contributed by atoms with Crippen LogP contribution in [0.5, 0.6) is 0 Å². The summed E-state index contributed by atoms with van der Waals surface area (Å²) < 4.78 is 2.23. The van der Waals surface area contributed by atoms with Crippen molar-refractivity contribution in [3.05, 3.63) is 84.2 Å². The van der Waals surface area contributed by atoms with E-state index in [2.05, 4.69) is 63.1 Å². The second-order valence-corrected chi connectivity index (χ2v) is 7.48. The van der Waals surface area contributed by atoms with Crippen LogP contribution in [0, 0.1) is 0 Å². The van der Waals surface area contributed by atoms with E-state index in [4.69, 9.17) is 12.2 Å². The molecule has 1 aliphatic rings. The molecule has 4 heterocycles. The van der Waals surface area contributed by atoms with E-state index in [1.54, 1.807) is 0 Å². The molecule has 2 atom stereocenters. The van der Waals surface area contributed by atoms with Gasteiger partial charge in [-0.2, -0.15) is 0 Å². The second kappa shape index (κ2) is 7.48. The lowest BCUT2D eigenvalue weighted by atomic mass is 9.99. The third-order valence-corrected chi connectivity index (χ3v) is 5.33. The van der Waals surface area contributed by atoms with Gasteiger partial charge in [0.2, 0.25) is 0 Å². The Morgan fingerprint density at radius 1 is 1.11 bits per heavy atom. The highest BCUT2D eigenvalue weighted by Crippen LogP contribution is 2.39. The minimum Gasteiger partial charge on any atom is -0.352 e. The fourth-order valence-corrected chi connectivity index (χ4v) is 3.86. The van der Waals surface area contributed by atoms with E-state index in [0.29, 0.717) is 6.04 Å². The van der Waals surface area contributed by atoms with Crippen LogP contribution in [-0.2, 0) is 6.54 Å². The molecule has 4 rings (SSSR count). The molecule has 1 N–H and O–H groups in total. The summed E-state index contributed by atoms with van der Waals surface area (Å²) in [5, 5.41) is 4.25. The maximum Gasteiger partial charge on any atom is 0.170 e. The Hall–Kier alpha value is -2.73. The lowest BCUT2D eigenvalue weighted by molar-refractivity contribution is 0.310. The van der Waals surface area contributed by atoms with Gasteiger partial charge in [0.1, 0.15) is 0 Å². The zero-order valence-electron chi connectivity index (χ0n) is 15.5. The van der Waals surface area contributed by atoms with Crippen molar-refractivity contribution in [1.29, 1.82) is 0 Å². The fraction of sp³-hybridized carbons (Fsp3) is 0.286. The maximum absolute atomic E-state index is 5.72. The summed E-state index contributed by atoms with van der Waals surface area (Å²) in [6.07, 6.45) is 9.84. The molecule has 0 radical (unpaired) electrons. The Morgan fingerprint density at radius 3 is 2.59 bits per heavy atom. The monoisotopic (exact) mass is 377 g/mol. The summed E-state index contributed by atoms with van der Waals surface area (Å²) in [7, 11) is 0. The van der Waals surface area contributed by atoms with E-state index in [1.807, 2.05) is 42.9 Å². The first-order chi connectivity index (χ1) is 13.1. The van der Waals surface area contributed by atoms with Crippen LogP contribution < -0.4 is 5.32 Å². The standard InChI is InChI=1S/C21H23N5S/c1-15(2)25-12-8-17(14-25)20-19(18-5-3-4-9-23-18)24-21(27)26(20)13-16-6-10-22-11-7-16/h3-12,14-15,19-20H,13H2,1-2H3,(H,24,27). The van der Waals surface area contributed by atoms with E-state index in [0.717, 1.165) is 17.4 Å². The van der Waals surface area contributed by atoms with Crippen LogP contribution in [0.1, 0.15) is 48.8 Å². The average Bonchev–Trinajstić information content (AvgIpc) is 3.29. The Kier molecular flexibility index (Phi) is 4.90. The first-order valence-corrected chi connectivity index (χ1v) is 9.58. The largest absolute Gasteiger partial charge is 0.352 e. The van der Waals surface area contributed by atoms with E-state index >= 15 is 0 Å². The summed E-state index contributed by atoms with van der Waals surface area (Å²) in [4.78, 5) is 11.0. The smallest absolute Gasteiger partial charge is 0.170 e. The van der Waals surface area contributed by atoms with Crippen LogP contribution in [0.4, 0.5) is 0 Å². The quantitative estimate of drug-likeness (QED) is 0.680. The van der Waals surface area contributed by atoms with Gasteiger partial charge < -0.3 is 14.8 Å². The normalized spacial score (nSPS) is 19.5. The average molecular weight is 378 g/mol. The molecule has 1 fully saturated rings. The molecule has 3 aromatic rings. The molecule has 27 heavy (non-hydrogen) atoms. The molecule has 0 aliphatic carbocycles. The molecule has 6 heteroatoms. The predicted molar refractivity (Wildman–Crippen MR) is 110 cm³/mol. The highest BCUT2D eigenvalue weighted by molar-refractivity contribution is 7.80. The van der Waals surface area contributed by atoms with Crippen molar-refractivity contribution in [2.45, 2.75) is 38.5 Å². The van der Waals surface area contributed by atoms with Gasteiger partial charge in [-0.25, -0.2) is 0 Å². The SMILES string of the molecule is CC(C)n1ccc(C2C(c3ccccn3)NC(=S)N2Cc2ccncc2)c1. The van der Waals surface area contributed by atoms with Gasteiger partial charge in [0.05, 0.1) is 17.8 Å². The number of aromatic nitrogens is 3. The van der Waals surface area contributed by atoms with Gasteiger partial charge in [-0.1, -0.05) is 6.07 Å². The van der Waals surface area contributed by atoms with Crippen LogP contribution in [0.3, 0.4) is 0 Å². The van der Waals surface area contributed by atoms with Gasteiger partial charge in [0.25, 0.3) is 0 Å². The molecule has 0 spiro atoms. The van der Waals surface area contributed by atoms with Crippen molar-refractivity contribution in [3.8, 4) is 0 Å². The fourth-order valence-electron chi connectivity index (χ4n) is 3.55. The maximum atomic E-state index is 5.72. The highest BCUT2D eigenvalue weighted by atomic mass is 32.1. The van der Waals surface area contributed by atoms with Crippen LogP contribution >= 0.6 is 12.2 Å². The molecule has 138 valence electrons. The van der Waals surface area contributed by atoms with Crippen LogP contribution in [0.25, 0.3) is 0 Å². The molecular formula is C21H23N5S. The molecule has 0 amide bonds. The Bertz CT molecular complexity index is 907. The summed E-state index contributed by atoms with van der Waals surface area (Å²) >= 11 is 5.72. The molecule has 0 aromatic carbocycles. The molecule has 0 saturated carbocycles. The first-order valence-electron chi connectivity index (χ1n) is 9.18. The van der Waals surface area contributed by atoms with Gasteiger partial charge in [-0.15, -0.1) is 0 Å². The van der Waals surface area contributed by atoms with Crippen molar-refractivity contribution in [3.63, 3.8) is 0 Å². The van der Waals surface area contributed by atoms with Gasteiger partial charge in [0, 0.05) is 43.6 Å². The van der Waals surface area contributed by atoms with Crippen LogP contribution in [0.2, 0.25) is 0 Å². The molecule has 1 aliphatic heterocycles. The third-order valence-electron chi connectivity index (χ3n) is 4.98. The minimum absolute atomic E-state index is 0.0172. The first kappa shape index (κ1) is 17.7. The number of hydrogen-bond acceptors (Lipinski definition) is 3. The minimum atomic E-state index is 0.0172. The molecule has 2 unspecified atom stereocenters. The van der Waals surface area contributed by atoms with E-state index in [9.17, 15) is 0 Å². The molecule has 5 nitrogen and oxygen atoms in total. The summed E-state index contributed by atoms with van der Waals surface area (Å²) in [5.74, 6) is 0. The number of nitrogens with zero attached hydrogens (tertiary/aromatic N) is 4. The number of pyridine rings is 2. The van der Waals surface area contributed by atoms with Crippen LogP contribution in [-0.4, -0.2) is 24.5 Å². The predicted octanol–water partition coefficient (Wildman–Crippen LogP) is 4.03. The zero-order chi connectivity index (χ0) is 18.8. The molecular weight excluding hydrogens is 354 g/mol. The Morgan fingerprint density at radius 2 is 1.93 bits per heavy atom. The van der Waals surface area contributed by atoms with Gasteiger partial charge in [-0.05, 0) is 67.5 Å². The lowest BCUT2D eigenvalue weighted by Gasteiger charge is -2.27.